The predicted molar refractivity (Wildman–Crippen MR) is 66.4 cm³/mol. The monoisotopic (exact) mass is 226 g/mol. The van der Waals surface area contributed by atoms with Gasteiger partial charge < -0.3 is 4.74 Å². The van der Waals surface area contributed by atoms with Crippen LogP contribution in [0.15, 0.2) is 42.0 Å². The summed E-state index contributed by atoms with van der Waals surface area (Å²) in [7, 11) is 0. The third-order valence-corrected chi connectivity index (χ3v) is 3.26. The van der Waals surface area contributed by atoms with Gasteiger partial charge in [0.1, 0.15) is 5.76 Å². The van der Waals surface area contributed by atoms with Crippen LogP contribution in [-0.2, 0) is 4.74 Å². The highest BCUT2D eigenvalue weighted by Crippen LogP contribution is 2.31. The number of carbonyl (C=O) groups excluding carboxylic acids is 1. The lowest BCUT2D eigenvalue weighted by atomic mass is 9.98. The molecule has 3 rings (SSSR count). The Morgan fingerprint density at radius 3 is 2.71 bits per heavy atom. The predicted octanol–water partition coefficient (Wildman–Crippen LogP) is 3.70. The van der Waals surface area contributed by atoms with Crippen molar-refractivity contribution in [2.45, 2.75) is 25.7 Å². The molecule has 0 spiro atoms. The zero-order valence-corrected chi connectivity index (χ0v) is 9.61. The number of rotatable bonds is 1. The van der Waals surface area contributed by atoms with E-state index in [1.54, 1.807) is 0 Å². The zero-order valence-electron chi connectivity index (χ0n) is 9.61. The van der Waals surface area contributed by atoms with Gasteiger partial charge in [-0.2, -0.15) is 0 Å². The van der Waals surface area contributed by atoms with Crippen LogP contribution in [0.25, 0.3) is 5.76 Å². The molecule has 0 atom stereocenters. The number of esters is 1. The summed E-state index contributed by atoms with van der Waals surface area (Å²) in [6.45, 7) is 0. The molecule has 1 aliphatic heterocycles. The van der Waals surface area contributed by atoms with E-state index in [0.717, 1.165) is 18.4 Å². The van der Waals surface area contributed by atoms with Crippen molar-refractivity contribution < 1.29 is 9.53 Å². The van der Waals surface area contributed by atoms with Gasteiger partial charge in [0.15, 0.2) is 0 Å². The second-order valence-corrected chi connectivity index (χ2v) is 4.47. The van der Waals surface area contributed by atoms with Gasteiger partial charge in [-0.3, -0.25) is 0 Å². The van der Waals surface area contributed by atoms with Crippen LogP contribution in [0.1, 0.15) is 41.6 Å². The van der Waals surface area contributed by atoms with Crippen LogP contribution in [-0.4, -0.2) is 5.97 Å². The Labute approximate surface area is 101 Å². The molecule has 1 aromatic carbocycles. The normalized spacial score (nSPS) is 21.1. The highest BCUT2D eigenvalue weighted by molar-refractivity contribution is 6.03. The maximum absolute atomic E-state index is 11.6. The standard InChI is InChI=1S/C15H14O2/c16-15-13-9-5-4-8-12(13)14(17-15)10-11-6-2-1-3-7-11/h4-6,8-10H,1-3,7H2/b14-10-. The van der Waals surface area contributed by atoms with Gasteiger partial charge in [0, 0.05) is 5.56 Å². The van der Waals surface area contributed by atoms with E-state index in [2.05, 4.69) is 6.08 Å². The van der Waals surface area contributed by atoms with E-state index >= 15 is 0 Å². The Kier molecular flexibility index (Phi) is 2.56. The summed E-state index contributed by atoms with van der Waals surface area (Å²) in [6.07, 6.45) is 8.97. The fourth-order valence-electron chi connectivity index (χ4n) is 2.36. The average molecular weight is 226 g/mol. The van der Waals surface area contributed by atoms with Gasteiger partial charge >= 0.3 is 5.97 Å². The second-order valence-electron chi connectivity index (χ2n) is 4.47. The maximum atomic E-state index is 11.6. The lowest BCUT2D eigenvalue weighted by molar-refractivity contribution is 0.0715. The molecule has 0 amide bonds. The molecule has 0 aromatic heterocycles. The number of allylic oxidation sites excluding steroid dienone is 3. The minimum absolute atomic E-state index is 0.233. The largest absolute Gasteiger partial charge is 0.422 e. The minimum Gasteiger partial charge on any atom is -0.422 e. The number of carbonyl (C=O) groups is 1. The van der Waals surface area contributed by atoms with Gasteiger partial charge in [0.05, 0.1) is 5.56 Å². The number of fused-ring (bicyclic) bond motifs is 1. The van der Waals surface area contributed by atoms with Crippen LogP contribution >= 0.6 is 0 Å². The maximum Gasteiger partial charge on any atom is 0.344 e. The molecule has 0 bridgehead atoms. The third kappa shape index (κ3) is 1.91. The van der Waals surface area contributed by atoms with Crippen molar-refractivity contribution in [2.24, 2.45) is 0 Å². The van der Waals surface area contributed by atoms with Crippen LogP contribution in [0.4, 0.5) is 0 Å². The lowest BCUT2D eigenvalue weighted by Gasteiger charge is -2.09. The summed E-state index contributed by atoms with van der Waals surface area (Å²) < 4.78 is 5.32. The van der Waals surface area contributed by atoms with E-state index in [9.17, 15) is 4.79 Å². The molecule has 0 fully saturated rings. The summed E-state index contributed by atoms with van der Waals surface area (Å²) in [6, 6.07) is 7.55. The first kappa shape index (κ1) is 10.3. The summed E-state index contributed by atoms with van der Waals surface area (Å²) in [4.78, 5) is 11.6. The first-order valence-corrected chi connectivity index (χ1v) is 6.07. The first-order chi connectivity index (χ1) is 8.34. The minimum atomic E-state index is -0.233. The van der Waals surface area contributed by atoms with E-state index < -0.39 is 0 Å². The van der Waals surface area contributed by atoms with Gasteiger partial charge in [-0.1, -0.05) is 24.3 Å². The number of benzene rings is 1. The summed E-state index contributed by atoms with van der Waals surface area (Å²) in [5.74, 6) is 0.474. The quantitative estimate of drug-likeness (QED) is 0.682. The van der Waals surface area contributed by atoms with E-state index in [-0.39, 0.29) is 5.97 Å². The fourth-order valence-corrected chi connectivity index (χ4v) is 2.36. The van der Waals surface area contributed by atoms with E-state index in [1.165, 1.54) is 18.4 Å². The van der Waals surface area contributed by atoms with E-state index in [1.807, 2.05) is 30.3 Å². The Balaban J connectivity index is 1.98. The summed E-state index contributed by atoms with van der Waals surface area (Å²) in [5, 5.41) is 0. The molecule has 86 valence electrons. The molecule has 1 aromatic rings. The molecule has 17 heavy (non-hydrogen) atoms. The molecular weight excluding hydrogens is 212 g/mol. The van der Waals surface area contributed by atoms with Crippen molar-refractivity contribution in [3.05, 3.63) is 53.1 Å². The highest BCUT2D eigenvalue weighted by Gasteiger charge is 2.25. The van der Waals surface area contributed by atoms with Crippen LogP contribution in [0.3, 0.4) is 0 Å². The van der Waals surface area contributed by atoms with E-state index in [0.29, 0.717) is 11.3 Å². The lowest BCUT2D eigenvalue weighted by Crippen LogP contribution is -1.93. The SMILES string of the molecule is O=C1O/C(=C\C2=CCCCC2)c2ccccc21. The molecule has 0 N–H and O–H groups in total. The Morgan fingerprint density at radius 2 is 1.94 bits per heavy atom. The van der Waals surface area contributed by atoms with Crippen molar-refractivity contribution in [1.82, 2.24) is 0 Å². The van der Waals surface area contributed by atoms with Crippen LogP contribution < -0.4 is 0 Å². The van der Waals surface area contributed by atoms with Gasteiger partial charge in [-0.25, -0.2) is 4.79 Å². The molecule has 2 aliphatic rings. The number of hydrogen-bond acceptors (Lipinski definition) is 2. The summed E-state index contributed by atoms with van der Waals surface area (Å²) in [5.41, 5.74) is 2.88. The van der Waals surface area contributed by atoms with Gasteiger partial charge in [0.25, 0.3) is 0 Å². The molecule has 0 radical (unpaired) electrons. The van der Waals surface area contributed by atoms with E-state index in [4.69, 9.17) is 4.74 Å². The molecule has 2 heteroatoms. The Bertz CT molecular complexity index is 523. The topological polar surface area (TPSA) is 26.3 Å². The van der Waals surface area contributed by atoms with Crippen LogP contribution in [0.5, 0.6) is 0 Å². The average Bonchev–Trinajstić information content (AvgIpc) is 2.69. The summed E-state index contributed by atoms with van der Waals surface area (Å²) >= 11 is 0. The highest BCUT2D eigenvalue weighted by atomic mass is 16.5. The zero-order chi connectivity index (χ0) is 11.7. The third-order valence-electron chi connectivity index (χ3n) is 3.26. The molecular formula is C15H14O2. The number of hydrogen-bond donors (Lipinski definition) is 0. The molecule has 1 aliphatic carbocycles. The molecule has 0 unspecified atom stereocenters. The van der Waals surface area contributed by atoms with Crippen molar-refractivity contribution in [2.75, 3.05) is 0 Å². The smallest absolute Gasteiger partial charge is 0.344 e. The molecule has 2 nitrogen and oxygen atoms in total. The Hall–Kier alpha value is -1.83. The van der Waals surface area contributed by atoms with Gasteiger partial charge in [0.2, 0.25) is 0 Å². The second kappa shape index (κ2) is 4.21. The van der Waals surface area contributed by atoms with Crippen LogP contribution in [0, 0.1) is 0 Å². The number of cyclic esters (lactones) is 1. The van der Waals surface area contributed by atoms with Gasteiger partial charge in [-0.05, 0) is 43.4 Å². The number of ether oxygens (including phenoxy) is 1. The van der Waals surface area contributed by atoms with Crippen molar-refractivity contribution in [3.8, 4) is 0 Å². The molecule has 0 saturated heterocycles. The van der Waals surface area contributed by atoms with Gasteiger partial charge in [-0.15, -0.1) is 0 Å². The van der Waals surface area contributed by atoms with Crippen molar-refractivity contribution in [3.63, 3.8) is 0 Å². The van der Waals surface area contributed by atoms with Crippen molar-refractivity contribution >= 4 is 11.7 Å². The fraction of sp³-hybridized carbons (Fsp3) is 0.267. The van der Waals surface area contributed by atoms with Crippen molar-refractivity contribution in [1.29, 1.82) is 0 Å². The molecule has 1 heterocycles. The molecule has 0 saturated carbocycles. The van der Waals surface area contributed by atoms with Crippen LogP contribution in [0.2, 0.25) is 0 Å². The first-order valence-electron chi connectivity index (χ1n) is 6.07. The Morgan fingerprint density at radius 1 is 1.12 bits per heavy atom.